The molecular weight excluding hydrogens is 510 g/mol. The number of fused-ring (bicyclic) bond motifs is 1. The van der Waals surface area contributed by atoms with E-state index in [4.69, 9.17) is 4.42 Å². The van der Waals surface area contributed by atoms with Crippen molar-refractivity contribution in [1.82, 2.24) is 9.97 Å². The predicted molar refractivity (Wildman–Crippen MR) is 165 cm³/mol. The molecule has 0 fully saturated rings. The second kappa shape index (κ2) is 11.8. The van der Waals surface area contributed by atoms with Gasteiger partial charge in [-0.3, -0.25) is 0 Å². The van der Waals surface area contributed by atoms with Crippen molar-refractivity contribution in [3.05, 3.63) is 127 Å². The molecule has 0 unspecified atom stereocenters. The Morgan fingerprint density at radius 3 is 2.00 bits per heavy atom. The lowest BCUT2D eigenvalue weighted by molar-refractivity contribution is 0.262. The van der Waals surface area contributed by atoms with Crippen LogP contribution in [0.15, 0.2) is 120 Å². The summed E-state index contributed by atoms with van der Waals surface area (Å²) >= 11 is 0. The number of anilines is 3. The normalized spacial score (nSPS) is 10.9. The molecule has 0 saturated heterocycles. The van der Waals surface area contributed by atoms with Crippen molar-refractivity contribution in [1.29, 1.82) is 0 Å². The van der Waals surface area contributed by atoms with E-state index in [1.54, 1.807) is 0 Å². The SMILES string of the molecule is Cc1ccc(NC(=O)Nc2ccc(CCNc3ncnc4oc(-c5ccccc5)c(-c5ccccc5)c34)cc2)cc1. The summed E-state index contributed by atoms with van der Waals surface area (Å²) in [6.45, 7) is 2.67. The lowest BCUT2D eigenvalue weighted by Crippen LogP contribution is -2.19. The van der Waals surface area contributed by atoms with Gasteiger partial charge in [-0.2, -0.15) is 0 Å². The summed E-state index contributed by atoms with van der Waals surface area (Å²) in [6.07, 6.45) is 2.30. The number of furan rings is 1. The van der Waals surface area contributed by atoms with Gasteiger partial charge in [0.25, 0.3) is 0 Å². The summed E-state index contributed by atoms with van der Waals surface area (Å²) in [7, 11) is 0. The Morgan fingerprint density at radius 1 is 0.732 bits per heavy atom. The zero-order valence-corrected chi connectivity index (χ0v) is 22.6. The van der Waals surface area contributed by atoms with Crippen molar-refractivity contribution in [2.24, 2.45) is 0 Å². The highest BCUT2D eigenvalue weighted by molar-refractivity contribution is 6.05. The highest BCUT2D eigenvalue weighted by atomic mass is 16.3. The molecule has 6 rings (SSSR count). The van der Waals surface area contributed by atoms with Crippen LogP contribution >= 0.6 is 0 Å². The molecule has 0 atom stereocenters. The summed E-state index contributed by atoms with van der Waals surface area (Å²) in [5.41, 5.74) is 7.28. The minimum atomic E-state index is -0.278. The van der Waals surface area contributed by atoms with Crippen LogP contribution in [-0.2, 0) is 6.42 Å². The summed E-state index contributed by atoms with van der Waals surface area (Å²) in [5.74, 6) is 1.50. The monoisotopic (exact) mass is 539 g/mol. The molecule has 0 saturated carbocycles. The molecule has 2 amide bonds. The maximum Gasteiger partial charge on any atom is 0.323 e. The van der Waals surface area contributed by atoms with Gasteiger partial charge < -0.3 is 20.4 Å². The number of hydrogen-bond acceptors (Lipinski definition) is 5. The fourth-order valence-corrected chi connectivity index (χ4v) is 4.75. The summed E-state index contributed by atoms with van der Waals surface area (Å²) < 4.78 is 6.30. The van der Waals surface area contributed by atoms with Crippen LogP contribution in [0, 0.1) is 6.92 Å². The van der Waals surface area contributed by atoms with Gasteiger partial charge in [-0.15, -0.1) is 0 Å². The van der Waals surface area contributed by atoms with Crippen LogP contribution in [0.25, 0.3) is 33.6 Å². The molecule has 2 aromatic heterocycles. The Morgan fingerprint density at radius 2 is 1.34 bits per heavy atom. The van der Waals surface area contributed by atoms with E-state index < -0.39 is 0 Å². The van der Waals surface area contributed by atoms with Gasteiger partial charge in [0, 0.05) is 29.0 Å². The number of nitrogens with zero attached hydrogens (tertiary/aromatic N) is 2. The molecule has 3 N–H and O–H groups in total. The minimum Gasteiger partial charge on any atom is -0.437 e. The predicted octanol–water partition coefficient (Wildman–Crippen LogP) is 8.16. The minimum absolute atomic E-state index is 0.278. The van der Waals surface area contributed by atoms with E-state index in [9.17, 15) is 4.79 Å². The zero-order valence-electron chi connectivity index (χ0n) is 22.6. The highest BCUT2D eigenvalue weighted by Gasteiger charge is 2.21. The van der Waals surface area contributed by atoms with Crippen molar-refractivity contribution in [3.8, 4) is 22.5 Å². The molecule has 0 aliphatic rings. The third-order valence-electron chi connectivity index (χ3n) is 6.81. The highest BCUT2D eigenvalue weighted by Crippen LogP contribution is 2.42. The fraction of sp³-hybridized carbons (Fsp3) is 0.0882. The molecule has 0 aliphatic heterocycles. The molecule has 0 bridgehead atoms. The Bertz CT molecular complexity index is 1760. The van der Waals surface area contributed by atoms with Gasteiger partial charge in [0.2, 0.25) is 5.71 Å². The van der Waals surface area contributed by atoms with Gasteiger partial charge in [0.05, 0.1) is 5.39 Å². The van der Waals surface area contributed by atoms with Crippen LogP contribution in [0.3, 0.4) is 0 Å². The van der Waals surface area contributed by atoms with Crippen molar-refractivity contribution >= 4 is 34.3 Å². The van der Waals surface area contributed by atoms with Crippen LogP contribution in [0.2, 0.25) is 0 Å². The number of benzene rings is 4. The second-order valence-corrected chi connectivity index (χ2v) is 9.76. The topological polar surface area (TPSA) is 92.1 Å². The fourth-order valence-electron chi connectivity index (χ4n) is 4.75. The first-order chi connectivity index (χ1) is 20.1. The molecule has 6 aromatic rings. The largest absolute Gasteiger partial charge is 0.437 e. The van der Waals surface area contributed by atoms with E-state index in [0.29, 0.717) is 12.3 Å². The lowest BCUT2D eigenvalue weighted by atomic mass is 9.99. The molecule has 4 aromatic carbocycles. The number of urea groups is 1. The Balaban J connectivity index is 1.16. The molecule has 0 spiro atoms. The number of nitrogens with one attached hydrogen (secondary N) is 3. The number of aromatic nitrogens is 2. The van der Waals surface area contributed by atoms with E-state index in [0.717, 1.165) is 62.6 Å². The standard InChI is InChI=1S/C34H29N5O2/c1-23-12-16-27(17-13-23)38-34(40)39-28-18-14-24(15-19-28)20-21-35-32-30-29(25-8-4-2-5-9-25)31(26-10-6-3-7-11-26)41-33(30)37-22-36-32/h2-19,22H,20-21H2,1H3,(H,35,36,37)(H2,38,39,40). The third-order valence-corrected chi connectivity index (χ3v) is 6.81. The van der Waals surface area contributed by atoms with Crippen LogP contribution in [0.1, 0.15) is 11.1 Å². The van der Waals surface area contributed by atoms with Crippen molar-refractivity contribution < 1.29 is 9.21 Å². The van der Waals surface area contributed by atoms with Gasteiger partial charge in [-0.25, -0.2) is 14.8 Å². The van der Waals surface area contributed by atoms with Gasteiger partial charge in [0.15, 0.2) is 0 Å². The molecule has 202 valence electrons. The van der Waals surface area contributed by atoms with E-state index in [1.165, 1.54) is 6.33 Å². The summed E-state index contributed by atoms with van der Waals surface area (Å²) in [5, 5.41) is 10.1. The smallest absolute Gasteiger partial charge is 0.323 e. The number of rotatable bonds is 8. The average molecular weight is 540 g/mol. The molecule has 7 nitrogen and oxygen atoms in total. The first-order valence-corrected chi connectivity index (χ1v) is 13.5. The lowest BCUT2D eigenvalue weighted by Gasteiger charge is -2.10. The number of hydrogen-bond donors (Lipinski definition) is 3. The van der Waals surface area contributed by atoms with E-state index >= 15 is 0 Å². The first-order valence-electron chi connectivity index (χ1n) is 13.5. The number of aryl methyl sites for hydroxylation is 1. The zero-order chi connectivity index (χ0) is 28.0. The van der Waals surface area contributed by atoms with Gasteiger partial charge >= 0.3 is 6.03 Å². The van der Waals surface area contributed by atoms with E-state index in [-0.39, 0.29) is 6.03 Å². The Kier molecular flexibility index (Phi) is 7.40. The number of carbonyl (C=O) groups excluding carboxylic acids is 1. The van der Waals surface area contributed by atoms with E-state index in [2.05, 4.69) is 38.1 Å². The van der Waals surface area contributed by atoms with Crippen LogP contribution in [-0.4, -0.2) is 22.5 Å². The first kappa shape index (κ1) is 25.8. The average Bonchev–Trinajstić information content (AvgIpc) is 3.41. The maximum atomic E-state index is 12.4. The summed E-state index contributed by atoms with van der Waals surface area (Å²) in [4.78, 5) is 21.4. The molecule has 0 radical (unpaired) electrons. The maximum absolute atomic E-state index is 12.4. The molecule has 2 heterocycles. The Hall–Kier alpha value is -5.43. The number of carbonyl (C=O) groups is 1. The van der Waals surface area contributed by atoms with Crippen LogP contribution in [0.5, 0.6) is 0 Å². The third kappa shape index (κ3) is 5.94. The molecule has 41 heavy (non-hydrogen) atoms. The van der Waals surface area contributed by atoms with Crippen molar-refractivity contribution in [2.75, 3.05) is 22.5 Å². The van der Waals surface area contributed by atoms with E-state index in [1.807, 2.05) is 104 Å². The van der Waals surface area contributed by atoms with Crippen molar-refractivity contribution in [3.63, 3.8) is 0 Å². The van der Waals surface area contributed by atoms with Gasteiger partial charge in [0.1, 0.15) is 17.9 Å². The Labute approximate surface area is 238 Å². The van der Waals surface area contributed by atoms with Gasteiger partial charge in [-0.05, 0) is 48.7 Å². The quantitative estimate of drug-likeness (QED) is 0.181. The summed E-state index contributed by atoms with van der Waals surface area (Å²) in [6, 6.07) is 35.5. The van der Waals surface area contributed by atoms with Crippen LogP contribution < -0.4 is 16.0 Å². The van der Waals surface area contributed by atoms with Crippen molar-refractivity contribution in [2.45, 2.75) is 13.3 Å². The molecular formula is C34H29N5O2. The molecule has 0 aliphatic carbocycles. The number of amides is 2. The second-order valence-electron chi connectivity index (χ2n) is 9.76. The molecule has 7 heteroatoms. The van der Waals surface area contributed by atoms with Gasteiger partial charge in [-0.1, -0.05) is 90.5 Å². The van der Waals surface area contributed by atoms with Crippen LogP contribution in [0.4, 0.5) is 22.0 Å².